The van der Waals surface area contributed by atoms with Crippen molar-refractivity contribution in [3.8, 4) is 0 Å². The first-order valence-corrected chi connectivity index (χ1v) is 7.53. The second-order valence-electron chi connectivity index (χ2n) is 5.16. The van der Waals surface area contributed by atoms with E-state index >= 15 is 0 Å². The normalized spacial score (nSPS) is 10.8. The van der Waals surface area contributed by atoms with Crippen LogP contribution in [-0.4, -0.2) is 10.8 Å². The Morgan fingerprint density at radius 3 is 2.62 bits per heavy atom. The monoisotopic (exact) mass is 339 g/mol. The average Bonchev–Trinajstić information content (AvgIpc) is 2.48. The lowest BCUT2D eigenvalue weighted by Gasteiger charge is -2.08. The number of benzene rings is 2. The minimum absolute atomic E-state index is 0.0474. The molecule has 0 spiro atoms. The van der Waals surface area contributed by atoms with Crippen LogP contribution in [0.15, 0.2) is 53.0 Å². The maximum absolute atomic E-state index is 12.8. The van der Waals surface area contributed by atoms with Gasteiger partial charge in [0.25, 0.3) is 0 Å². The molecule has 0 aliphatic rings. The summed E-state index contributed by atoms with van der Waals surface area (Å²) in [4.78, 5) is 17.3. The standard InChI is InChI=1S/C18H14BrNO/c1-11-7-8-12(2)14(9-11)18(21)17-15(19)10-13-5-3-4-6-16(13)20-17/h3-10H,1-2H3. The van der Waals surface area contributed by atoms with Crippen LogP contribution in [0.2, 0.25) is 0 Å². The first-order valence-electron chi connectivity index (χ1n) is 6.73. The van der Waals surface area contributed by atoms with Crippen LogP contribution >= 0.6 is 15.9 Å². The first-order chi connectivity index (χ1) is 10.1. The number of nitrogens with zero attached hydrogens (tertiary/aromatic N) is 1. The van der Waals surface area contributed by atoms with Gasteiger partial charge in [-0.1, -0.05) is 35.9 Å². The minimum Gasteiger partial charge on any atom is -0.287 e. The Hall–Kier alpha value is -2.00. The third-order valence-corrected chi connectivity index (χ3v) is 4.13. The molecule has 3 aromatic rings. The van der Waals surface area contributed by atoms with Crippen LogP contribution in [0, 0.1) is 13.8 Å². The SMILES string of the molecule is Cc1ccc(C)c(C(=O)c2nc3ccccc3cc2Br)c1. The van der Waals surface area contributed by atoms with Crippen LogP contribution in [0.1, 0.15) is 27.2 Å². The van der Waals surface area contributed by atoms with Crippen LogP contribution in [-0.2, 0) is 0 Å². The predicted octanol–water partition coefficient (Wildman–Crippen LogP) is 4.85. The molecule has 2 aromatic carbocycles. The zero-order chi connectivity index (χ0) is 15.0. The van der Waals surface area contributed by atoms with Gasteiger partial charge in [0.2, 0.25) is 5.78 Å². The van der Waals surface area contributed by atoms with Crippen molar-refractivity contribution in [3.05, 3.63) is 75.4 Å². The molecule has 0 radical (unpaired) electrons. The van der Waals surface area contributed by atoms with E-state index < -0.39 is 0 Å². The highest BCUT2D eigenvalue weighted by atomic mass is 79.9. The molecule has 0 aliphatic heterocycles. The summed E-state index contributed by atoms with van der Waals surface area (Å²) >= 11 is 3.48. The molecule has 0 bridgehead atoms. The zero-order valence-electron chi connectivity index (χ0n) is 11.9. The van der Waals surface area contributed by atoms with Crippen LogP contribution in [0.4, 0.5) is 0 Å². The molecule has 104 valence electrons. The van der Waals surface area contributed by atoms with E-state index in [0.717, 1.165) is 26.5 Å². The molecule has 0 aliphatic carbocycles. The van der Waals surface area contributed by atoms with Gasteiger partial charge in [-0.05, 0) is 53.5 Å². The summed E-state index contributed by atoms with van der Waals surface area (Å²) in [5.41, 5.74) is 4.03. The lowest BCUT2D eigenvalue weighted by Crippen LogP contribution is -2.07. The number of ketones is 1. The Bertz CT molecular complexity index is 855. The van der Waals surface area contributed by atoms with E-state index in [1.165, 1.54) is 0 Å². The summed E-state index contributed by atoms with van der Waals surface area (Å²) in [6.45, 7) is 3.93. The Morgan fingerprint density at radius 2 is 1.81 bits per heavy atom. The molecule has 21 heavy (non-hydrogen) atoms. The molecular weight excluding hydrogens is 326 g/mol. The van der Waals surface area contributed by atoms with Gasteiger partial charge >= 0.3 is 0 Å². The van der Waals surface area contributed by atoms with Crippen molar-refractivity contribution in [3.63, 3.8) is 0 Å². The Labute approximate surface area is 132 Å². The van der Waals surface area contributed by atoms with Crippen molar-refractivity contribution < 1.29 is 4.79 Å². The van der Waals surface area contributed by atoms with Crippen molar-refractivity contribution in [2.45, 2.75) is 13.8 Å². The van der Waals surface area contributed by atoms with E-state index in [1.807, 2.05) is 62.4 Å². The van der Waals surface area contributed by atoms with Crippen molar-refractivity contribution in [2.24, 2.45) is 0 Å². The summed E-state index contributed by atoms with van der Waals surface area (Å²) in [5.74, 6) is -0.0474. The van der Waals surface area contributed by atoms with Gasteiger partial charge < -0.3 is 0 Å². The number of aryl methyl sites for hydroxylation is 2. The summed E-state index contributed by atoms with van der Waals surface area (Å²) in [5, 5.41) is 1.02. The predicted molar refractivity (Wildman–Crippen MR) is 88.8 cm³/mol. The number of pyridine rings is 1. The number of hydrogen-bond donors (Lipinski definition) is 0. The summed E-state index contributed by atoms with van der Waals surface area (Å²) in [6.07, 6.45) is 0. The molecule has 0 atom stereocenters. The van der Waals surface area contributed by atoms with Gasteiger partial charge in [0.15, 0.2) is 0 Å². The molecule has 1 heterocycles. The van der Waals surface area contributed by atoms with Gasteiger partial charge in [0.05, 0.1) is 5.52 Å². The molecule has 0 fully saturated rings. The minimum atomic E-state index is -0.0474. The van der Waals surface area contributed by atoms with E-state index in [9.17, 15) is 4.79 Å². The molecule has 0 amide bonds. The molecule has 1 aromatic heterocycles. The Morgan fingerprint density at radius 1 is 1.05 bits per heavy atom. The van der Waals surface area contributed by atoms with Crippen LogP contribution in [0.5, 0.6) is 0 Å². The van der Waals surface area contributed by atoms with Gasteiger partial charge in [0, 0.05) is 15.4 Å². The second-order valence-corrected chi connectivity index (χ2v) is 6.01. The van der Waals surface area contributed by atoms with E-state index in [4.69, 9.17) is 0 Å². The summed E-state index contributed by atoms with van der Waals surface area (Å²) in [6, 6.07) is 15.6. The van der Waals surface area contributed by atoms with Crippen molar-refractivity contribution in [1.29, 1.82) is 0 Å². The number of rotatable bonds is 2. The fraction of sp³-hybridized carbons (Fsp3) is 0.111. The lowest BCUT2D eigenvalue weighted by molar-refractivity contribution is 0.103. The number of carbonyl (C=O) groups is 1. The molecule has 0 unspecified atom stereocenters. The van der Waals surface area contributed by atoms with Crippen LogP contribution < -0.4 is 0 Å². The first kappa shape index (κ1) is 14.0. The average molecular weight is 340 g/mol. The van der Waals surface area contributed by atoms with Crippen molar-refractivity contribution >= 4 is 32.6 Å². The van der Waals surface area contributed by atoms with Crippen molar-refractivity contribution in [1.82, 2.24) is 4.98 Å². The van der Waals surface area contributed by atoms with Crippen LogP contribution in [0.25, 0.3) is 10.9 Å². The highest BCUT2D eigenvalue weighted by molar-refractivity contribution is 9.10. The molecular formula is C18H14BrNO. The molecule has 0 N–H and O–H groups in total. The Balaban J connectivity index is 2.17. The molecule has 0 saturated heterocycles. The summed E-state index contributed by atoms with van der Waals surface area (Å²) in [7, 11) is 0. The highest BCUT2D eigenvalue weighted by Gasteiger charge is 2.17. The number of fused-ring (bicyclic) bond motifs is 1. The fourth-order valence-electron chi connectivity index (χ4n) is 2.36. The van der Waals surface area contributed by atoms with Crippen molar-refractivity contribution in [2.75, 3.05) is 0 Å². The molecule has 3 rings (SSSR count). The second kappa shape index (κ2) is 5.41. The van der Waals surface area contributed by atoms with Crippen LogP contribution in [0.3, 0.4) is 0 Å². The number of aromatic nitrogens is 1. The van der Waals surface area contributed by atoms with E-state index in [1.54, 1.807) is 0 Å². The van der Waals surface area contributed by atoms with E-state index in [-0.39, 0.29) is 5.78 Å². The third kappa shape index (κ3) is 2.61. The van der Waals surface area contributed by atoms with E-state index in [0.29, 0.717) is 11.3 Å². The molecule has 3 heteroatoms. The molecule has 2 nitrogen and oxygen atoms in total. The highest BCUT2D eigenvalue weighted by Crippen LogP contribution is 2.25. The van der Waals surface area contributed by atoms with Gasteiger partial charge in [0.1, 0.15) is 5.69 Å². The fourth-order valence-corrected chi connectivity index (χ4v) is 2.87. The quantitative estimate of drug-likeness (QED) is 0.625. The number of hydrogen-bond acceptors (Lipinski definition) is 2. The largest absolute Gasteiger partial charge is 0.287 e. The number of carbonyl (C=O) groups excluding carboxylic acids is 1. The maximum atomic E-state index is 12.8. The van der Waals surface area contributed by atoms with Gasteiger partial charge in [-0.2, -0.15) is 0 Å². The Kier molecular flexibility index (Phi) is 3.60. The summed E-state index contributed by atoms with van der Waals surface area (Å²) < 4.78 is 0.729. The third-order valence-electron chi connectivity index (χ3n) is 3.53. The van der Waals surface area contributed by atoms with Gasteiger partial charge in [-0.15, -0.1) is 0 Å². The maximum Gasteiger partial charge on any atom is 0.212 e. The zero-order valence-corrected chi connectivity index (χ0v) is 13.4. The van der Waals surface area contributed by atoms with E-state index in [2.05, 4.69) is 20.9 Å². The topological polar surface area (TPSA) is 30.0 Å². The number of para-hydroxylation sites is 1. The molecule has 0 saturated carbocycles. The lowest BCUT2D eigenvalue weighted by atomic mass is 9.99. The van der Waals surface area contributed by atoms with Gasteiger partial charge in [-0.3, -0.25) is 4.79 Å². The number of halogens is 1. The smallest absolute Gasteiger partial charge is 0.212 e. The van der Waals surface area contributed by atoms with Gasteiger partial charge in [-0.25, -0.2) is 4.98 Å².